The number of nitrogen functional groups attached to an aromatic ring is 1. The number of anilines is 2. The van der Waals surface area contributed by atoms with Crippen molar-refractivity contribution in [1.82, 2.24) is 10.3 Å². The summed E-state index contributed by atoms with van der Waals surface area (Å²) in [4.78, 5) is 14.2. The van der Waals surface area contributed by atoms with Crippen molar-refractivity contribution in [2.24, 2.45) is 0 Å². The quantitative estimate of drug-likeness (QED) is 0.669. The number of pyridine rings is 1. The fourth-order valence-corrected chi connectivity index (χ4v) is 0.857. The van der Waals surface area contributed by atoms with E-state index in [1.807, 2.05) is 0 Å². The first-order valence-electron chi connectivity index (χ1n) is 4.10. The highest BCUT2D eigenvalue weighted by atomic mass is 19.1. The van der Waals surface area contributed by atoms with Gasteiger partial charge in [-0.05, 0) is 0 Å². The predicted octanol–water partition coefficient (Wildman–Crippen LogP) is 0.0999. The number of nitrogens with one attached hydrogen (secondary N) is 2. The normalized spacial score (nSPS) is 9.80. The monoisotopic (exact) mass is 216 g/mol. The Labute approximate surface area is 84.7 Å². The van der Waals surface area contributed by atoms with E-state index in [9.17, 15) is 13.6 Å². The number of aromatic nitrogens is 1. The molecule has 0 aliphatic carbocycles. The van der Waals surface area contributed by atoms with Gasteiger partial charge >= 0.3 is 0 Å². The lowest BCUT2D eigenvalue weighted by atomic mass is 10.4. The summed E-state index contributed by atoms with van der Waals surface area (Å²) in [6.07, 6.45) is 0. The van der Waals surface area contributed by atoms with Crippen LogP contribution in [0.5, 0.6) is 0 Å². The lowest BCUT2D eigenvalue weighted by molar-refractivity contribution is -0.118. The van der Waals surface area contributed by atoms with Crippen molar-refractivity contribution in [2.75, 3.05) is 24.6 Å². The highest BCUT2D eigenvalue weighted by molar-refractivity contribution is 5.80. The van der Waals surface area contributed by atoms with Gasteiger partial charge in [-0.15, -0.1) is 0 Å². The average molecular weight is 216 g/mol. The molecule has 0 saturated heterocycles. The van der Waals surface area contributed by atoms with Gasteiger partial charge in [-0.25, -0.2) is 13.8 Å². The van der Waals surface area contributed by atoms with Crippen molar-refractivity contribution < 1.29 is 13.6 Å². The second-order valence-corrected chi connectivity index (χ2v) is 2.71. The van der Waals surface area contributed by atoms with E-state index >= 15 is 0 Å². The number of hydrogen-bond acceptors (Lipinski definition) is 4. The Bertz CT molecular complexity index is 383. The Morgan fingerprint density at radius 2 is 2.20 bits per heavy atom. The number of carbonyl (C=O) groups excluding carboxylic acids is 1. The molecule has 0 aliphatic heterocycles. The molecule has 0 unspecified atom stereocenters. The number of nitrogens with two attached hydrogens (primary N) is 1. The van der Waals surface area contributed by atoms with Gasteiger partial charge in [0.2, 0.25) is 5.91 Å². The van der Waals surface area contributed by atoms with Crippen molar-refractivity contribution in [3.63, 3.8) is 0 Å². The van der Waals surface area contributed by atoms with Crippen LogP contribution in [0.15, 0.2) is 6.07 Å². The van der Waals surface area contributed by atoms with Gasteiger partial charge in [-0.3, -0.25) is 4.79 Å². The van der Waals surface area contributed by atoms with E-state index in [0.29, 0.717) is 6.07 Å². The van der Waals surface area contributed by atoms with Crippen LogP contribution in [0.3, 0.4) is 0 Å². The number of likely N-dealkylation sites (N-methyl/N-ethyl adjacent to an activating group) is 1. The molecule has 0 spiro atoms. The third kappa shape index (κ3) is 2.76. The first-order valence-corrected chi connectivity index (χ1v) is 4.10. The minimum atomic E-state index is -0.932. The summed E-state index contributed by atoms with van der Waals surface area (Å²) >= 11 is 0. The van der Waals surface area contributed by atoms with E-state index in [4.69, 9.17) is 5.73 Å². The maximum absolute atomic E-state index is 13.0. The van der Waals surface area contributed by atoms with Gasteiger partial charge in [-0.2, -0.15) is 0 Å². The summed E-state index contributed by atoms with van der Waals surface area (Å²) in [5.41, 5.74) is 5.14. The van der Waals surface area contributed by atoms with Gasteiger partial charge in [0.05, 0.1) is 6.54 Å². The zero-order valence-electron chi connectivity index (χ0n) is 7.97. The van der Waals surface area contributed by atoms with Gasteiger partial charge < -0.3 is 16.4 Å². The number of hydrogen-bond donors (Lipinski definition) is 3. The minimum absolute atomic E-state index is 0.161. The molecule has 1 aromatic rings. The van der Waals surface area contributed by atoms with E-state index in [0.717, 1.165) is 0 Å². The molecule has 0 fully saturated rings. The Morgan fingerprint density at radius 1 is 1.53 bits per heavy atom. The molecule has 1 aromatic heterocycles. The molecule has 0 radical (unpaired) electrons. The maximum Gasteiger partial charge on any atom is 0.239 e. The number of rotatable bonds is 3. The molecular weight excluding hydrogens is 206 g/mol. The average Bonchev–Trinajstić information content (AvgIpc) is 2.21. The molecule has 0 aromatic carbocycles. The topological polar surface area (TPSA) is 80.0 Å². The van der Waals surface area contributed by atoms with Gasteiger partial charge in [0.25, 0.3) is 0 Å². The van der Waals surface area contributed by atoms with Crippen LogP contribution in [0, 0.1) is 11.6 Å². The third-order valence-corrected chi connectivity index (χ3v) is 1.65. The van der Waals surface area contributed by atoms with E-state index in [2.05, 4.69) is 15.6 Å². The molecule has 0 atom stereocenters. The lowest BCUT2D eigenvalue weighted by Gasteiger charge is -2.06. The summed E-state index contributed by atoms with van der Waals surface area (Å²) in [6, 6.07) is 0.606. The van der Waals surface area contributed by atoms with Crippen molar-refractivity contribution in [2.45, 2.75) is 0 Å². The largest absolute Gasteiger partial charge is 0.381 e. The van der Waals surface area contributed by atoms with Crippen LogP contribution in [0.25, 0.3) is 0 Å². The fraction of sp³-hybridized carbons (Fsp3) is 0.250. The SMILES string of the molecule is CNC(=O)CNc1nc(N)c(F)cc1F. The molecule has 7 heteroatoms. The van der Waals surface area contributed by atoms with Crippen LogP contribution >= 0.6 is 0 Å². The maximum atomic E-state index is 13.0. The highest BCUT2D eigenvalue weighted by Gasteiger charge is 2.09. The molecule has 0 saturated carbocycles. The Balaban J connectivity index is 2.77. The van der Waals surface area contributed by atoms with Crippen LogP contribution in [-0.4, -0.2) is 24.5 Å². The van der Waals surface area contributed by atoms with Gasteiger partial charge in [0.15, 0.2) is 23.3 Å². The molecule has 15 heavy (non-hydrogen) atoms. The van der Waals surface area contributed by atoms with Gasteiger partial charge in [0, 0.05) is 13.1 Å². The van der Waals surface area contributed by atoms with Crippen molar-refractivity contribution in [3.8, 4) is 0 Å². The molecule has 82 valence electrons. The van der Waals surface area contributed by atoms with Crippen LogP contribution in [0.1, 0.15) is 0 Å². The summed E-state index contributed by atoms with van der Waals surface area (Å²) in [7, 11) is 1.44. The molecule has 1 heterocycles. The summed E-state index contributed by atoms with van der Waals surface area (Å²) in [5.74, 6) is -2.85. The van der Waals surface area contributed by atoms with Crippen molar-refractivity contribution >= 4 is 17.5 Å². The standard InChI is InChI=1S/C8H10F2N4O/c1-12-6(15)3-13-8-5(10)2-4(9)7(11)14-8/h2H,3H2,1H3,(H,12,15)(H3,11,13,14). The fourth-order valence-electron chi connectivity index (χ4n) is 0.857. The summed E-state index contributed by atoms with van der Waals surface area (Å²) < 4.78 is 25.7. The molecule has 1 amide bonds. The Morgan fingerprint density at radius 3 is 2.80 bits per heavy atom. The summed E-state index contributed by atoms with van der Waals surface area (Å²) in [6.45, 7) is -0.161. The predicted molar refractivity (Wildman–Crippen MR) is 51.1 cm³/mol. The highest BCUT2D eigenvalue weighted by Crippen LogP contribution is 2.15. The summed E-state index contributed by atoms with van der Waals surface area (Å²) in [5, 5.41) is 4.71. The molecule has 1 rings (SSSR count). The van der Waals surface area contributed by atoms with E-state index in [-0.39, 0.29) is 18.3 Å². The second-order valence-electron chi connectivity index (χ2n) is 2.71. The lowest BCUT2D eigenvalue weighted by Crippen LogP contribution is -2.26. The number of carbonyl (C=O) groups is 1. The molecule has 5 nitrogen and oxygen atoms in total. The molecule has 0 bridgehead atoms. The number of halogens is 2. The van der Waals surface area contributed by atoms with E-state index in [1.165, 1.54) is 7.05 Å². The van der Waals surface area contributed by atoms with Crippen molar-refractivity contribution in [1.29, 1.82) is 0 Å². The van der Waals surface area contributed by atoms with E-state index < -0.39 is 17.5 Å². The Hall–Kier alpha value is -1.92. The first-order chi connectivity index (χ1) is 7.04. The van der Waals surface area contributed by atoms with Crippen LogP contribution < -0.4 is 16.4 Å². The van der Waals surface area contributed by atoms with Crippen LogP contribution in [-0.2, 0) is 4.79 Å². The number of amides is 1. The van der Waals surface area contributed by atoms with Crippen LogP contribution in [0.2, 0.25) is 0 Å². The minimum Gasteiger partial charge on any atom is -0.381 e. The van der Waals surface area contributed by atoms with Crippen LogP contribution in [0.4, 0.5) is 20.4 Å². The molecule has 0 aliphatic rings. The van der Waals surface area contributed by atoms with Crippen molar-refractivity contribution in [3.05, 3.63) is 17.7 Å². The molecular formula is C8H10F2N4O. The third-order valence-electron chi connectivity index (χ3n) is 1.65. The second kappa shape index (κ2) is 4.54. The Kier molecular flexibility index (Phi) is 3.37. The zero-order chi connectivity index (χ0) is 11.4. The van der Waals surface area contributed by atoms with Gasteiger partial charge in [-0.1, -0.05) is 0 Å². The smallest absolute Gasteiger partial charge is 0.239 e. The van der Waals surface area contributed by atoms with E-state index in [1.54, 1.807) is 0 Å². The number of nitrogens with zero attached hydrogens (tertiary/aromatic N) is 1. The van der Waals surface area contributed by atoms with Gasteiger partial charge in [0.1, 0.15) is 0 Å². The first kappa shape index (κ1) is 11.2. The zero-order valence-corrected chi connectivity index (χ0v) is 7.97. The molecule has 4 N–H and O–H groups in total.